The summed E-state index contributed by atoms with van der Waals surface area (Å²) in [5.41, 5.74) is 2.44. The third-order valence-electron chi connectivity index (χ3n) is 3.28. The van der Waals surface area contributed by atoms with Crippen LogP contribution in [0.25, 0.3) is 0 Å². The van der Waals surface area contributed by atoms with Gasteiger partial charge in [0.2, 0.25) is 0 Å². The van der Waals surface area contributed by atoms with E-state index in [4.69, 9.17) is 0 Å². The van der Waals surface area contributed by atoms with Crippen LogP contribution in [-0.2, 0) is 22.4 Å². The van der Waals surface area contributed by atoms with Crippen molar-refractivity contribution in [2.24, 2.45) is 0 Å². The first-order valence-electron chi connectivity index (χ1n) is 7.63. The number of rotatable bonds is 8. The standard InChI is InChI=1S/C19H20O2S2/c20-18(22-13-11-16-7-3-1-4-8-16)15-19(21)23-14-12-17-9-5-2-6-10-17/h1-10H,11-15H2. The Balaban J connectivity index is 1.58. The Hall–Kier alpha value is -1.52. The molecule has 4 heteroatoms. The highest BCUT2D eigenvalue weighted by atomic mass is 32.2. The van der Waals surface area contributed by atoms with E-state index >= 15 is 0 Å². The maximum absolute atomic E-state index is 11.8. The fourth-order valence-electron chi connectivity index (χ4n) is 2.07. The van der Waals surface area contributed by atoms with Crippen molar-refractivity contribution in [1.82, 2.24) is 0 Å². The first kappa shape index (κ1) is 17.8. The lowest BCUT2D eigenvalue weighted by Crippen LogP contribution is -2.04. The van der Waals surface area contributed by atoms with E-state index < -0.39 is 0 Å². The SMILES string of the molecule is O=C(CC(=O)SCCc1ccccc1)SCCc1ccccc1. The monoisotopic (exact) mass is 344 g/mol. The van der Waals surface area contributed by atoms with Gasteiger partial charge in [0.25, 0.3) is 0 Å². The van der Waals surface area contributed by atoms with Gasteiger partial charge in [0, 0.05) is 11.5 Å². The Morgan fingerprint density at radius 2 is 1.04 bits per heavy atom. The summed E-state index contributed by atoms with van der Waals surface area (Å²) in [5.74, 6) is 1.45. The molecule has 2 aromatic carbocycles. The van der Waals surface area contributed by atoms with Crippen molar-refractivity contribution in [3.63, 3.8) is 0 Å². The molecule has 2 rings (SSSR count). The van der Waals surface area contributed by atoms with Crippen LogP contribution >= 0.6 is 23.5 Å². The van der Waals surface area contributed by atoms with Crippen LogP contribution in [0.3, 0.4) is 0 Å². The highest BCUT2D eigenvalue weighted by Gasteiger charge is 2.10. The van der Waals surface area contributed by atoms with E-state index in [1.807, 2.05) is 36.4 Å². The Morgan fingerprint density at radius 3 is 1.43 bits per heavy atom. The average Bonchev–Trinajstić information content (AvgIpc) is 2.57. The predicted octanol–water partition coefficient (Wildman–Crippen LogP) is 4.38. The summed E-state index contributed by atoms with van der Waals surface area (Å²) in [6, 6.07) is 20.1. The van der Waals surface area contributed by atoms with Gasteiger partial charge < -0.3 is 0 Å². The zero-order valence-electron chi connectivity index (χ0n) is 12.9. The van der Waals surface area contributed by atoms with Gasteiger partial charge in [-0.3, -0.25) is 9.59 Å². The fraction of sp³-hybridized carbons (Fsp3) is 0.263. The topological polar surface area (TPSA) is 34.1 Å². The van der Waals surface area contributed by atoms with Gasteiger partial charge in [0.15, 0.2) is 10.2 Å². The summed E-state index contributed by atoms with van der Waals surface area (Å²) in [5, 5.41) is -0.0590. The summed E-state index contributed by atoms with van der Waals surface area (Å²) >= 11 is 2.51. The molecule has 2 aromatic rings. The normalized spacial score (nSPS) is 10.4. The quantitative estimate of drug-likeness (QED) is 0.666. The molecular formula is C19H20O2S2. The molecule has 0 saturated carbocycles. The summed E-state index contributed by atoms with van der Waals surface area (Å²) in [6.45, 7) is 0. The molecule has 0 radical (unpaired) electrons. The Bertz CT molecular complexity index is 556. The second-order valence-corrected chi connectivity index (χ2v) is 7.39. The van der Waals surface area contributed by atoms with Gasteiger partial charge in [-0.25, -0.2) is 0 Å². The minimum atomic E-state index is -0.0295. The predicted molar refractivity (Wildman–Crippen MR) is 99.8 cm³/mol. The van der Waals surface area contributed by atoms with Gasteiger partial charge in [0.05, 0.1) is 6.42 Å². The van der Waals surface area contributed by atoms with Crippen molar-refractivity contribution in [3.05, 3.63) is 71.8 Å². The van der Waals surface area contributed by atoms with E-state index in [1.54, 1.807) is 0 Å². The number of hydrogen-bond acceptors (Lipinski definition) is 4. The number of thioether (sulfide) groups is 2. The van der Waals surface area contributed by atoms with E-state index in [0.717, 1.165) is 24.3 Å². The molecule has 120 valence electrons. The van der Waals surface area contributed by atoms with Crippen LogP contribution in [0, 0.1) is 0 Å². The average molecular weight is 345 g/mol. The molecule has 0 aliphatic carbocycles. The van der Waals surface area contributed by atoms with Crippen molar-refractivity contribution in [2.75, 3.05) is 11.5 Å². The molecule has 0 heterocycles. The minimum Gasteiger partial charge on any atom is -0.287 e. The number of aryl methyl sites for hydroxylation is 2. The molecule has 23 heavy (non-hydrogen) atoms. The van der Waals surface area contributed by atoms with E-state index in [9.17, 15) is 9.59 Å². The number of benzene rings is 2. The second-order valence-electron chi connectivity index (χ2n) is 5.09. The molecule has 0 atom stereocenters. The number of carbonyl (C=O) groups is 2. The molecule has 0 N–H and O–H groups in total. The molecule has 0 spiro atoms. The second kappa shape index (κ2) is 10.3. The first-order valence-corrected chi connectivity index (χ1v) is 9.60. The summed E-state index contributed by atoms with van der Waals surface area (Å²) in [6.07, 6.45) is 1.73. The van der Waals surface area contributed by atoms with E-state index in [0.29, 0.717) is 0 Å². The molecule has 0 aromatic heterocycles. The molecule has 0 amide bonds. The van der Waals surface area contributed by atoms with Crippen LogP contribution in [0.15, 0.2) is 60.7 Å². The van der Waals surface area contributed by atoms with E-state index in [-0.39, 0.29) is 16.7 Å². The van der Waals surface area contributed by atoms with Crippen molar-refractivity contribution >= 4 is 33.8 Å². The van der Waals surface area contributed by atoms with Crippen molar-refractivity contribution in [2.45, 2.75) is 19.3 Å². The Kier molecular flexibility index (Phi) is 7.98. The zero-order chi connectivity index (χ0) is 16.3. The first-order chi connectivity index (χ1) is 11.2. The minimum absolute atomic E-state index is 0.0267. The van der Waals surface area contributed by atoms with Crippen LogP contribution in [0.2, 0.25) is 0 Å². The van der Waals surface area contributed by atoms with Gasteiger partial charge in [-0.1, -0.05) is 84.2 Å². The maximum Gasteiger partial charge on any atom is 0.197 e. The molecule has 0 fully saturated rings. The van der Waals surface area contributed by atoms with Crippen molar-refractivity contribution in [1.29, 1.82) is 0 Å². The van der Waals surface area contributed by atoms with Crippen LogP contribution in [-0.4, -0.2) is 21.7 Å². The summed E-state index contributed by atoms with van der Waals surface area (Å²) in [4.78, 5) is 23.6. The van der Waals surface area contributed by atoms with E-state index in [2.05, 4.69) is 24.3 Å². The molecular weight excluding hydrogens is 324 g/mol. The Morgan fingerprint density at radius 1 is 0.652 bits per heavy atom. The van der Waals surface area contributed by atoms with Gasteiger partial charge in [0.1, 0.15) is 0 Å². The maximum atomic E-state index is 11.8. The van der Waals surface area contributed by atoms with Gasteiger partial charge in [-0.15, -0.1) is 0 Å². The Labute approximate surface area is 146 Å². The lowest BCUT2D eigenvalue weighted by Gasteiger charge is -2.02. The van der Waals surface area contributed by atoms with Gasteiger partial charge in [-0.2, -0.15) is 0 Å². The lowest BCUT2D eigenvalue weighted by molar-refractivity contribution is -0.117. The van der Waals surface area contributed by atoms with Gasteiger partial charge >= 0.3 is 0 Å². The highest BCUT2D eigenvalue weighted by molar-refractivity contribution is 8.15. The summed E-state index contributed by atoms with van der Waals surface area (Å²) < 4.78 is 0. The molecule has 0 aliphatic heterocycles. The van der Waals surface area contributed by atoms with Crippen LogP contribution in [0.5, 0.6) is 0 Å². The smallest absolute Gasteiger partial charge is 0.197 e. The third kappa shape index (κ3) is 7.53. The van der Waals surface area contributed by atoms with Crippen LogP contribution in [0.1, 0.15) is 17.5 Å². The molecule has 0 aliphatic rings. The lowest BCUT2D eigenvalue weighted by atomic mass is 10.2. The third-order valence-corrected chi connectivity index (χ3v) is 5.03. The van der Waals surface area contributed by atoms with Crippen LogP contribution in [0.4, 0.5) is 0 Å². The van der Waals surface area contributed by atoms with Crippen LogP contribution < -0.4 is 0 Å². The largest absolute Gasteiger partial charge is 0.287 e. The van der Waals surface area contributed by atoms with Gasteiger partial charge in [-0.05, 0) is 24.0 Å². The molecule has 2 nitrogen and oxygen atoms in total. The van der Waals surface area contributed by atoms with Crippen molar-refractivity contribution < 1.29 is 9.59 Å². The molecule has 0 saturated heterocycles. The zero-order valence-corrected chi connectivity index (χ0v) is 14.6. The fourth-order valence-corrected chi connectivity index (χ4v) is 3.76. The number of carbonyl (C=O) groups excluding carboxylic acids is 2. The summed E-state index contributed by atoms with van der Waals surface area (Å²) in [7, 11) is 0. The molecule has 0 unspecified atom stereocenters. The number of hydrogen-bond donors (Lipinski definition) is 0. The van der Waals surface area contributed by atoms with E-state index in [1.165, 1.54) is 34.7 Å². The highest BCUT2D eigenvalue weighted by Crippen LogP contribution is 2.15. The van der Waals surface area contributed by atoms with Crippen molar-refractivity contribution in [3.8, 4) is 0 Å². The molecule has 0 bridgehead atoms.